The van der Waals surface area contributed by atoms with Crippen molar-refractivity contribution in [2.45, 2.75) is 25.8 Å². The summed E-state index contributed by atoms with van der Waals surface area (Å²) in [5, 5.41) is 8.34. The molecule has 2 aromatic heterocycles. The number of hydrogen-bond donors (Lipinski definition) is 2. The van der Waals surface area contributed by atoms with Crippen LogP contribution in [0, 0.1) is 6.92 Å². The number of Topliss-reactive ketones (excluding diaryl/α,β-unsaturated/α-hetero) is 1. The maximum absolute atomic E-state index is 12.8. The Morgan fingerprint density at radius 2 is 1.78 bits per heavy atom. The zero-order valence-electron chi connectivity index (χ0n) is 18.0. The topological polar surface area (TPSA) is 75.5 Å². The number of amides is 1. The van der Waals surface area contributed by atoms with Gasteiger partial charge in [0.05, 0.1) is 12.2 Å². The molecular formula is C25H26N4O2S. The lowest BCUT2D eigenvalue weighted by molar-refractivity contribution is 0.0941. The van der Waals surface area contributed by atoms with Gasteiger partial charge in [0.25, 0.3) is 5.91 Å². The lowest BCUT2D eigenvalue weighted by Crippen LogP contribution is -2.38. The average molecular weight is 447 g/mol. The third-order valence-corrected chi connectivity index (χ3v) is 6.16. The molecule has 0 saturated carbocycles. The summed E-state index contributed by atoms with van der Waals surface area (Å²) >= 11 is 1.51. The Morgan fingerprint density at radius 1 is 1.06 bits per heavy atom. The standard InChI is InChI=1S/C25H26N4O2S/c1-18-23(29-14-15-32-25(29)28-18)24(31)26-13-12-21(16-19-8-4-2-5-9-19)27-17-22(30)20-10-6-3-7-11-20/h2-11,14-15,21,27H,12-13,16-17H2,1H3,(H,26,31)/t21-/m1/s1. The van der Waals surface area contributed by atoms with Crippen LogP contribution in [0.2, 0.25) is 0 Å². The zero-order valence-corrected chi connectivity index (χ0v) is 18.8. The number of thiazole rings is 1. The Kier molecular flexibility index (Phi) is 7.09. The lowest BCUT2D eigenvalue weighted by atomic mass is 10.0. The fraction of sp³-hybridized carbons (Fsp3) is 0.240. The molecule has 32 heavy (non-hydrogen) atoms. The van der Waals surface area contributed by atoms with Crippen molar-refractivity contribution in [3.63, 3.8) is 0 Å². The Labute approximate surface area is 191 Å². The van der Waals surface area contributed by atoms with E-state index in [0.717, 1.165) is 17.1 Å². The molecule has 1 atom stereocenters. The van der Waals surface area contributed by atoms with Gasteiger partial charge in [-0.25, -0.2) is 4.98 Å². The third-order valence-electron chi connectivity index (χ3n) is 5.40. The summed E-state index contributed by atoms with van der Waals surface area (Å²) in [4.78, 5) is 30.6. The molecule has 0 bridgehead atoms. The van der Waals surface area contributed by atoms with Crippen LogP contribution in [0.4, 0.5) is 0 Å². The fourth-order valence-corrected chi connectivity index (χ4v) is 4.51. The number of benzene rings is 2. The van der Waals surface area contributed by atoms with Gasteiger partial charge in [0.1, 0.15) is 5.69 Å². The second-order valence-corrected chi connectivity index (χ2v) is 8.58. The van der Waals surface area contributed by atoms with Crippen molar-refractivity contribution in [3.05, 3.63) is 94.8 Å². The number of ketones is 1. The highest BCUT2D eigenvalue weighted by Crippen LogP contribution is 2.16. The van der Waals surface area contributed by atoms with E-state index in [-0.39, 0.29) is 24.3 Å². The highest BCUT2D eigenvalue weighted by atomic mass is 32.1. The van der Waals surface area contributed by atoms with Crippen LogP contribution >= 0.6 is 11.3 Å². The van der Waals surface area contributed by atoms with Gasteiger partial charge in [-0.3, -0.25) is 14.0 Å². The van der Waals surface area contributed by atoms with E-state index < -0.39 is 0 Å². The van der Waals surface area contributed by atoms with Crippen LogP contribution in [-0.2, 0) is 6.42 Å². The molecule has 0 fully saturated rings. The molecule has 1 amide bonds. The number of nitrogens with zero attached hydrogens (tertiary/aromatic N) is 2. The molecule has 0 unspecified atom stereocenters. The first-order chi connectivity index (χ1) is 15.6. The molecule has 2 N–H and O–H groups in total. The van der Waals surface area contributed by atoms with Crippen LogP contribution in [0.5, 0.6) is 0 Å². The lowest BCUT2D eigenvalue weighted by Gasteiger charge is -2.19. The van der Waals surface area contributed by atoms with Crippen LogP contribution in [0.15, 0.2) is 72.2 Å². The van der Waals surface area contributed by atoms with Crippen LogP contribution in [0.3, 0.4) is 0 Å². The molecule has 0 saturated heterocycles. The maximum Gasteiger partial charge on any atom is 0.270 e. The highest BCUT2D eigenvalue weighted by molar-refractivity contribution is 7.15. The minimum atomic E-state index is -0.132. The predicted octanol–water partition coefficient (Wildman–Crippen LogP) is 3.91. The molecule has 7 heteroatoms. The molecule has 0 aliphatic rings. The average Bonchev–Trinajstić information content (AvgIpc) is 3.38. The SMILES string of the molecule is Cc1nc2sccn2c1C(=O)NCC[C@H](Cc1ccccc1)NCC(=O)c1ccccc1. The smallest absolute Gasteiger partial charge is 0.270 e. The highest BCUT2D eigenvalue weighted by Gasteiger charge is 2.18. The zero-order chi connectivity index (χ0) is 22.3. The van der Waals surface area contributed by atoms with Crippen molar-refractivity contribution in [3.8, 4) is 0 Å². The van der Waals surface area contributed by atoms with Gasteiger partial charge in [-0.2, -0.15) is 0 Å². The summed E-state index contributed by atoms with van der Waals surface area (Å²) in [5.41, 5.74) is 3.19. The summed E-state index contributed by atoms with van der Waals surface area (Å²) in [6, 6.07) is 19.5. The number of carbonyl (C=O) groups excluding carboxylic acids is 2. The van der Waals surface area contributed by atoms with Gasteiger partial charge in [-0.15, -0.1) is 11.3 Å². The van der Waals surface area contributed by atoms with E-state index in [1.165, 1.54) is 16.9 Å². The Bertz CT molecular complexity index is 1180. The quantitative estimate of drug-likeness (QED) is 0.362. The summed E-state index contributed by atoms with van der Waals surface area (Å²) in [7, 11) is 0. The molecular weight excluding hydrogens is 420 g/mol. The van der Waals surface area contributed by atoms with Gasteiger partial charge in [-0.05, 0) is 25.3 Å². The van der Waals surface area contributed by atoms with Crippen molar-refractivity contribution < 1.29 is 9.59 Å². The minimum absolute atomic E-state index is 0.0538. The van der Waals surface area contributed by atoms with Gasteiger partial charge in [-0.1, -0.05) is 60.7 Å². The number of fused-ring (bicyclic) bond motifs is 1. The van der Waals surface area contributed by atoms with Crippen molar-refractivity contribution in [1.29, 1.82) is 0 Å². The molecule has 164 valence electrons. The van der Waals surface area contributed by atoms with Crippen LogP contribution in [0.1, 0.15) is 38.5 Å². The molecule has 4 rings (SSSR count). The van der Waals surface area contributed by atoms with E-state index in [0.29, 0.717) is 24.2 Å². The maximum atomic E-state index is 12.8. The van der Waals surface area contributed by atoms with Crippen molar-refractivity contribution >= 4 is 28.0 Å². The van der Waals surface area contributed by atoms with Crippen molar-refractivity contribution in [2.24, 2.45) is 0 Å². The van der Waals surface area contributed by atoms with Crippen molar-refractivity contribution in [1.82, 2.24) is 20.0 Å². The molecule has 6 nitrogen and oxygen atoms in total. The molecule has 2 aromatic carbocycles. The van der Waals surface area contributed by atoms with E-state index in [2.05, 4.69) is 27.8 Å². The summed E-state index contributed by atoms with van der Waals surface area (Å²) in [5.74, 6) is -0.0744. The van der Waals surface area contributed by atoms with Crippen LogP contribution < -0.4 is 10.6 Å². The summed E-state index contributed by atoms with van der Waals surface area (Å²) in [6.07, 6.45) is 3.34. The Hall–Kier alpha value is -3.29. The molecule has 0 radical (unpaired) electrons. The van der Waals surface area contributed by atoms with E-state index in [1.54, 1.807) is 0 Å². The molecule has 4 aromatic rings. The first-order valence-electron chi connectivity index (χ1n) is 10.7. The second kappa shape index (κ2) is 10.3. The number of aromatic nitrogens is 2. The largest absolute Gasteiger partial charge is 0.351 e. The van der Waals surface area contributed by atoms with E-state index in [1.807, 2.05) is 71.4 Å². The Balaban J connectivity index is 1.37. The van der Waals surface area contributed by atoms with E-state index >= 15 is 0 Å². The Morgan fingerprint density at radius 3 is 2.53 bits per heavy atom. The number of nitrogens with one attached hydrogen (secondary N) is 2. The van der Waals surface area contributed by atoms with E-state index in [9.17, 15) is 9.59 Å². The molecule has 2 heterocycles. The number of hydrogen-bond acceptors (Lipinski definition) is 5. The minimum Gasteiger partial charge on any atom is -0.351 e. The number of imidazole rings is 1. The molecule has 0 spiro atoms. The van der Waals surface area contributed by atoms with Crippen molar-refractivity contribution in [2.75, 3.05) is 13.1 Å². The molecule has 0 aliphatic carbocycles. The van der Waals surface area contributed by atoms with Crippen LogP contribution in [0.25, 0.3) is 4.96 Å². The number of rotatable bonds is 10. The predicted molar refractivity (Wildman–Crippen MR) is 127 cm³/mol. The first-order valence-corrected chi connectivity index (χ1v) is 11.6. The summed E-state index contributed by atoms with van der Waals surface area (Å²) < 4.78 is 1.83. The number of aryl methyl sites for hydroxylation is 1. The van der Waals surface area contributed by atoms with Gasteiger partial charge < -0.3 is 10.6 Å². The van der Waals surface area contributed by atoms with Gasteiger partial charge in [0.15, 0.2) is 10.7 Å². The summed E-state index contributed by atoms with van der Waals surface area (Å²) in [6.45, 7) is 2.61. The van der Waals surface area contributed by atoms with Gasteiger partial charge in [0, 0.05) is 29.7 Å². The van der Waals surface area contributed by atoms with Gasteiger partial charge in [0.2, 0.25) is 0 Å². The van der Waals surface area contributed by atoms with Gasteiger partial charge >= 0.3 is 0 Å². The fourth-order valence-electron chi connectivity index (χ4n) is 3.75. The normalized spacial score (nSPS) is 12.0. The van der Waals surface area contributed by atoms with Crippen LogP contribution in [-0.4, -0.2) is 40.2 Å². The first kappa shape index (κ1) is 21.9. The molecule has 0 aliphatic heterocycles. The second-order valence-electron chi connectivity index (χ2n) is 7.70. The van der Waals surface area contributed by atoms with E-state index in [4.69, 9.17) is 0 Å². The third kappa shape index (κ3) is 5.30. The number of carbonyl (C=O) groups is 2. The monoisotopic (exact) mass is 446 g/mol.